The molecule has 0 saturated carbocycles. The van der Waals surface area contributed by atoms with Crippen LogP contribution in [0.2, 0.25) is 5.02 Å². The highest BCUT2D eigenvalue weighted by Gasteiger charge is 2.15. The molecule has 4 aromatic rings. The lowest BCUT2D eigenvalue weighted by molar-refractivity contribution is 0.415. The van der Waals surface area contributed by atoms with Crippen molar-refractivity contribution in [2.75, 3.05) is 7.11 Å². The first-order valence-corrected chi connectivity index (χ1v) is 9.32. The molecule has 0 saturated heterocycles. The average molecular weight is 427 g/mol. The lowest BCUT2D eigenvalue weighted by Crippen LogP contribution is -2.39. The van der Waals surface area contributed by atoms with Crippen molar-refractivity contribution in [2.45, 2.75) is 6.54 Å². The lowest BCUT2D eigenvalue weighted by Gasteiger charge is -2.12. The summed E-state index contributed by atoms with van der Waals surface area (Å²) in [6.45, 7) is -0.0964. The molecule has 0 aliphatic carbocycles. The maximum absolute atomic E-state index is 13.3. The standard InChI is InChI=1S/C21H16ClFN4O3/c1-26-19-16(10-24-18(25-19)12-4-7-15(30-2)8-5-12)20(28)27(21(26)29)11-13-3-6-14(23)9-17(13)22/h3-10H,11H2,1-2H3. The monoisotopic (exact) mass is 426 g/mol. The van der Waals surface area contributed by atoms with Gasteiger partial charge in [0.15, 0.2) is 11.5 Å². The molecule has 0 bridgehead atoms. The normalized spacial score (nSPS) is 11.1. The van der Waals surface area contributed by atoms with E-state index in [2.05, 4.69) is 9.97 Å². The van der Waals surface area contributed by atoms with Crippen LogP contribution in [0.3, 0.4) is 0 Å². The highest BCUT2D eigenvalue weighted by molar-refractivity contribution is 6.31. The summed E-state index contributed by atoms with van der Waals surface area (Å²) in [6, 6.07) is 10.9. The Morgan fingerprint density at radius 3 is 2.53 bits per heavy atom. The van der Waals surface area contributed by atoms with Crippen LogP contribution in [0.25, 0.3) is 22.4 Å². The molecule has 0 radical (unpaired) electrons. The maximum Gasteiger partial charge on any atom is 0.332 e. The minimum absolute atomic E-state index is 0.0964. The number of aromatic nitrogens is 4. The highest BCUT2D eigenvalue weighted by Crippen LogP contribution is 2.21. The van der Waals surface area contributed by atoms with Gasteiger partial charge in [0, 0.05) is 23.8 Å². The van der Waals surface area contributed by atoms with E-state index in [0.29, 0.717) is 22.7 Å². The Kier molecular flexibility index (Phi) is 5.09. The molecular formula is C21H16ClFN4O3. The summed E-state index contributed by atoms with van der Waals surface area (Å²) in [6.07, 6.45) is 1.40. The molecule has 0 fully saturated rings. The van der Waals surface area contributed by atoms with E-state index in [9.17, 15) is 14.0 Å². The summed E-state index contributed by atoms with van der Waals surface area (Å²) >= 11 is 6.05. The second kappa shape index (κ2) is 7.72. The molecular weight excluding hydrogens is 411 g/mol. The number of methoxy groups -OCH3 is 1. The van der Waals surface area contributed by atoms with Gasteiger partial charge in [-0.05, 0) is 42.0 Å². The third-order valence-electron chi connectivity index (χ3n) is 4.77. The fourth-order valence-corrected chi connectivity index (χ4v) is 3.35. The summed E-state index contributed by atoms with van der Waals surface area (Å²) in [5, 5.41) is 0.322. The van der Waals surface area contributed by atoms with E-state index in [-0.39, 0.29) is 22.6 Å². The van der Waals surface area contributed by atoms with Crippen molar-refractivity contribution in [1.82, 2.24) is 19.1 Å². The van der Waals surface area contributed by atoms with Gasteiger partial charge in [-0.3, -0.25) is 13.9 Å². The number of benzene rings is 2. The molecule has 0 unspecified atom stereocenters. The van der Waals surface area contributed by atoms with Crippen LogP contribution in [0.15, 0.2) is 58.3 Å². The quantitative estimate of drug-likeness (QED) is 0.501. The van der Waals surface area contributed by atoms with Crippen LogP contribution in [-0.2, 0) is 13.6 Å². The van der Waals surface area contributed by atoms with E-state index in [0.717, 1.165) is 10.6 Å². The highest BCUT2D eigenvalue weighted by atomic mass is 35.5. The van der Waals surface area contributed by atoms with E-state index >= 15 is 0 Å². The first-order valence-electron chi connectivity index (χ1n) is 8.94. The Balaban J connectivity index is 1.83. The molecule has 152 valence electrons. The second-order valence-corrected chi connectivity index (χ2v) is 7.04. The molecule has 2 heterocycles. The van der Waals surface area contributed by atoms with Gasteiger partial charge in [-0.2, -0.15) is 0 Å². The number of rotatable bonds is 4. The number of nitrogens with zero attached hydrogens (tertiary/aromatic N) is 4. The van der Waals surface area contributed by atoms with Gasteiger partial charge in [-0.15, -0.1) is 0 Å². The van der Waals surface area contributed by atoms with E-state index in [1.54, 1.807) is 31.4 Å². The number of halogens is 2. The zero-order valence-electron chi connectivity index (χ0n) is 16.1. The third kappa shape index (κ3) is 3.46. The minimum Gasteiger partial charge on any atom is -0.497 e. The van der Waals surface area contributed by atoms with Gasteiger partial charge < -0.3 is 4.74 Å². The third-order valence-corrected chi connectivity index (χ3v) is 5.12. The fraction of sp³-hybridized carbons (Fsp3) is 0.143. The topological polar surface area (TPSA) is 79.0 Å². The molecule has 2 aromatic carbocycles. The largest absolute Gasteiger partial charge is 0.497 e. The molecule has 0 spiro atoms. The smallest absolute Gasteiger partial charge is 0.332 e. The van der Waals surface area contributed by atoms with Gasteiger partial charge in [0.05, 0.1) is 13.7 Å². The molecule has 2 aromatic heterocycles. The van der Waals surface area contributed by atoms with Crippen LogP contribution in [0, 0.1) is 5.82 Å². The van der Waals surface area contributed by atoms with Crippen molar-refractivity contribution in [1.29, 1.82) is 0 Å². The Labute approximate surface area is 175 Å². The van der Waals surface area contributed by atoms with Crippen molar-refractivity contribution in [3.05, 3.63) is 85.9 Å². The van der Waals surface area contributed by atoms with Gasteiger partial charge in [0.1, 0.15) is 17.0 Å². The van der Waals surface area contributed by atoms with Crippen molar-refractivity contribution in [3.63, 3.8) is 0 Å². The number of aryl methyl sites for hydroxylation is 1. The summed E-state index contributed by atoms with van der Waals surface area (Å²) in [4.78, 5) is 34.5. The Hall–Kier alpha value is -3.52. The van der Waals surface area contributed by atoms with Crippen LogP contribution in [-0.4, -0.2) is 26.2 Å². The molecule has 4 rings (SSSR count). The van der Waals surface area contributed by atoms with Crippen LogP contribution in [0.1, 0.15) is 5.56 Å². The number of ether oxygens (including phenoxy) is 1. The van der Waals surface area contributed by atoms with Gasteiger partial charge >= 0.3 is 5.69 Å². The number of fused-ring (bicyclic) bond motifs is 1. The zero-order chi connectivity index (χ0) is 21.4. The Bertz CT molecular complexity index is 1380. The summed E-state index contributed by atoms with van der Waals surface area (Å²) in [5.41, 5.74) is 0.272. The Morgan fingerprint density at radius 2 is 1.87 bits per heavy atom. The lowest BCUT2D eigenvalue weighted by atomic mass is 10.2. The van der Waals surface area contributed by atoms with Crippen LogP contribution < -0.4 is 16.0 Å². The maximum atomic E-state index is 13.3. The van der Waals surface area contributed by atoms with Crippen LogP contribution in [0.4, 0.5) is 4.39 Å². The van der Waals surface area contributed by atoms with Crippen molar-refractivity contribution >= 4 is 22.6 Å². The van der Waals surface area contributed by atoms with Crippen LogP contribution in [0.5, 0.6) is 5.75 Å². The first-order chi connectivity index (χ1) is 14.4. The molecule has 9 heteroatoms. The van der Waals surface area contributed by atoms with Gasteiger partial charge in [-0.1, -0.05) is 17.7 Å². The minimum atomic E-state index is -0.563. The first kappa shape index (κ1) is 19.8. The molecule has 0 amide bonds. The predicted octanol–water partition coefficient (Wildman–Crippen LogP) is 3.01. The fourth-order valence-electron chi connectivity index (χ4n) is 3.12. The zero-order valence-corrected chi connectivity index (χ0v) is 16.9. The summed E-state index contributed by atoms with van der Waals surface area (Å²) in [5.74, 6) is 0.565. The molecule has 0 aliphatic heterocycles. The van der Waals surface area contributed by atoms with Crippen molar-refractivity contribution in [3.8, 4) is 17.1 Å². The number of hydrogen-bond donors (Lipinski definition) is 0. The molecule has 0 aliphatic rings. The van der Waals surface area contributed by atoms with E-state index in [1.165, 1.54) is 29.9 Å². The molecule has 7 nitrogen and oxygen atoms in total. The van der Waals surface area contributed by atoms with Crippen molar-refractivity contribution < 1.29 is 9.13 Å². The van der Waals surface area contributed by atoms with Crippen molar-refractivity contribution in [2.24, 2.45) is 7.05 Å². The van der Waals surface area contributed by atoms with Crippen LogP contribution >= 0.6 is 11.6 Å². The average Bonchev–Trinajstić information content (AvgIpc) is 2.76. The summed E-state index contributed by atoms with van der Waals surface area (Å²) in [7, 11) is 3.10. The van der Waals surface area contributed by atoms with Gasteiger partial charge in [0.25, 0.3) is 5.56 Å². The SMILES string of the molecule is COc1ccc(-c2ncc3c(=O)n(Cc4ccc(F)cc4Cl)c(=O)n(C)c3n2)cc1. The second-order valence-electron chi connectivity index (χ2n) is 6.63. The predicted molar refractivity (Wildman–Crippen MR) is 112 cm³/mol. The van der Waals surface area contributed by atoms with Gasteiger partial charge in [-0.25, -0.2) is 19.2 Å². The Morgan fingerprint density at radius 1 is 1.13 bits per heavy atom. The molecule has 30 heavy (non-hydrogen) atoms. The molecule has 0 N–H and O–H groups in total. The van der Waals surface area contributed by atoms with E-state index in [4.69, 9.17) is 16.3 Å². The van der Waals surface area contributed by atoms with E-state index < -0.39 is 17.1 Å². The summed E-state index contributed by atoms with van der Waals surface area (Å²) < 4.78 is 20.7. The molecule has 0 atom stereocenters. The van der Waals surface area contributed by atoms with Gasteiger partial charge in [0.2, 0.25) is 0 Å². The number of hydrogen-bond acceptors (Lipinski definition) is 5. The van der Waals surface area contributed by atoms with E-state index in [1.807, 2.05) is 0 Å².